The van der Waals surface area contributed by atoms with Gasteiger partial charge in [0.05, 0.1) is 6.54 Å². The average Bonchev–Trinajstić information content (AvgIpc) is 3.11. The lowest BCUT2D eigenvalue weighted by atomic mass is 9.46. The number of hydrogen-bond acceptors (Lipinski definition) is 7. The summed E-state index contributed by atoms with van der Waals surface area (Å²) < 4.78 is 12.1. The molecule has 0 aliphatic heterocycles. The molecule has 0 aromatic carbocycles. The first-order chi connectivity index (χ1) is 18.2. The van der Waals surface area contributed by atoms with Gasteiger partial charge < -0.3 is 9.47 Å². The Bertz CT molecular complexity index is 1210. The third-order valence-electron chi connectivity index (χ3n) is 10.3. The summed E-state index contributed by atoms with van der Waals surface area (Å²) in [6.07, 6.45) is 4.15. The zero-order chi connectivity index (χ0) is 29.1. The molecule has 0 aromatic heterocycles. The number of carbonyl (C=O) groups is 4. The SMILES string of the molecule is C=C1C(=C)[C@@]2(C)C(=CC1=O)C(Cl)=C[C@@H]1[C@@H]2CC[C@@]2(C)[C@H]1C(OC(=O)CN(CC)CC)C[C@]2(OC(C)=O)C(C)=O. The molecule has 39 heavy (non-hydrogen) atoms. The molecule has 0 spiro atoms. The molecule has 7 nitrogen and oxygen atoms in total. The predicted molar refractivity (Wildman–Crippen MR) is 149 cm³/mol. The number of rotatable bonds is 7. The second kappa shape index (κ2) is 10.2. The second-order valence-corrected chi connectivity index (χ2v) is 12.3. The Hall–Kier alpha value is -2.51. The Morgan fingerprint density at radius 1 is 1.15 bits per heavy atom. The van der Waals surface area contributed by atoms with Crippen LogP contribution in [-0.2, 0) is 28.7 Å². The van der Waals surface area contributed by atoms with Crippen LogP contribution in [0.4, 0.5) is 0 Å². The fraction of sp³-hybridized carbons (Fsp3) is 0.613. The number of halogens is 1. The van der Waals surface area contributed by atoms with Crippen molar-refractivity contribution in [1.29, 1.82) is 0 Å². The molecule has 0 saturated heterocycles. The minimum atomic E-state index is -1.44. The van der Waals surface area contributed by atoms with Gasteiger partial charge in [-0.05, 0) is 61.9 Å². The number of Topliss-reactive ketones (excluding diaryl/α,β-unsaturated/α-hetero) is 1. The largest absolute Gasteiger partial charge is 0.461 e. The van der Waals surface area contributed by atoms with Crippen LogP contribution in [0.25, 0.3) is 0 Å². The number of allylic oxidation sites excluding steroid dienone is 6. The topological polar surface area (TPSA) is 90.0 Å². The number of carbonyl (C=O) groups excluding carboxylic acids is 4. The van der Waals surface area contributed by atoms with Gasteiger partial charge in [-0.3, -0.25) is 24.1 Å². The van der Waals surface area contributed by atoms with E-state index >= 15 is 0 Å². The molecule has 212 valence electrons. The molecule has 0 radical (unpaired) electrons. The number of hydrogen-bond donors (Lipinski definition) is 0. The minimum absolute atomic E-state index is 0.0363. The zero-order valence-corrected chi connectivity index (χ0v) is 24.7. The van der Waals surface area contributed by atoms with E-state index in [1.165, 1.54) is 13.8 Å². The van der Waals surface area contributed by atoms with E-state index in [9.17, 15) is 19.2 Å². The van der Waals surface area contributed by atoms with Crippen LogP contribution < -0.4 is 0 Å². The molecular weight excluding hydrogens is 518 g/mol. The Morgan fingerprint density at radius 2 is 1.79 bits per heavy atom. The monoisotopic (exact) mass is 557 g/mol. The van der Waals surface area contributed by atoms with E-state index in [1.807, 2.05) is 31.7 Å². The first-order valence-corrected chi connectivity index (χ1v) is 14.2. The van der Waals surface area contributed by atoms with Crippen molar-refractivity contribution in [2.45, 2.75) is 72.5 Å². The van der Waals surface area contributed by atoms with Crippen molar-refractivity contribution in [2.75, 3.05) is 19.6 Å². The fourth-order valence-electron chi connectivity index (χ4n) is 8.12. The van der Waals surface area contributed by atoms with Gasteiger partial charge in [0, 0.05) is 40.7 Å². The molecule has 2 saturated carbocycles. The summed E-state index contributed by atoms with van der Waals surface area (Å²) in [5.74, 6) is -2.00. The third-order valence-corrected chi connectivity index (χ3v) is 10.6. The number of fused-ring (bicyclic) bond motifs is 5. The molecule has 0 bridgehead atoms. The minimum Gasteiger partial charge on any atom is -0.461 e. The smallest absolute Gasteiger partial charge is 0.320 e. The van der Waals surface area contributed by atoms with Gasteiger partial charge >= 0.3 is 11.9 Å². The van der Waals surface area contributed by atoms with Crippen LogP contribution in [0, 0.1) is 28.6 Å². The maximum absolute atomic E-state index is 13.4. The molecule has 0 aromatic rings. The average molecular weight is 558 g/mol. The Morgan fingerprint density at radius 3 is 2.36 bits per heavy atom. The molecule has 7 atom stereocenters. The Labute approximate surface area is 236 Å². The number of ether oxygens (including phenoxy) is 2. The van der Waals surface area contributed by atoms with E-state index in [0.717, 1.165) is 5.57 Å². The van der Waals surface area contributed by atoms with E-state index in [-0.39, 0.29) is 48.3 Å². The molecule has 1 unspecified atom stereocenters. The predicted octanol–water partition coefficient (Wildman–Crippen LogP) is 4.95. The second-order valence-electron chi connectivity index (χ2n) is 11.9. The van der Waals surface area contributed by atoms with Crippen LogP contribution in [0.3, 0.4) is 0 Å². The van der Waals surface area contributed by atoms with Gasteiger partial charge in [0.15, 0.2) is 17.2 Å². The van der Waals surface area contributed by atoms with Crippen LogP contribution in [0.1, 0.15) is 60.8 Å². The Balaban J connectivity index is 1.86. The summed E-state index contributed by atoms with van der Waals surface area (Å²) in [6, 6.07) is 0. The summed E-state index contributed by atoms with van der Waals surface area (Å²) in [6.45, 7) is 20.5. The van der Waals surface area contributed by atoms with Crippen molar-refractivity contribution >= 4 is 35.1 Å². The highest BCUT2D eigenvalue weighted by molar-refractivity contribution is 6.33. The molecular formula is C31H40ClNO6. The molecule has 8 heteroatoms. The summed E-state index contributed by atoms with van der Waals surface area (Å²) in [5, 5.41) is 0.450. The van der Waals surface area contributed by atoms with Crippen molar-refractivity contribution in [3.05, 3.63) is 47.1 Å². The molecule has 4 aliphatic rings. The van der Waals surface area contributed by atoms with E-state index in [1.54, 1.807) is 6.08 Å². The normalized spacial score (nSPS) is 37.4. The van der Waals surface area contributed by atoms with Crippen LogP contribution >= 0.6 is 11.6 Å². The van der Waals surface area contributed by atoms with E-state index in [2.05, 4.69) is 20.1 Å². The number of nitrogens with zero attached hydrogens (tertiary/aromatic N) is 1. The lowest BCUT2D eigenvalue weighted by Gasteiger charge is -2.58. The van der Waals surface area contributed by atoms with Gasteiger partial charge in [-0.25, -0.2) is 0 Å². The first-order valence-electron chi connectivity index (χ1n) is 13.8. The van der Waals surface area contributed by atoms with E-state index < -0.39 is 28.5 Å². The van der Waals surface area contributed by atoms with E-state index in [4.69, 9.17) is 21.1 Å². The summed E-state index contributed by atoms with van der Waals surface area (Å²) in [7, 11) is 0. The fourth-order valence-corrected chi connectivity index (χ4v) is 8.52. The highest BCUT2D eigenvalue weighted by Gasteiger charge is 2.72. The maximum Gasteiger partial charge on any atom is 0.320 e. The molecule has 0 amide bonds. The van der Waals surface area contributed by atoms with Gasteiger partial charge in [0.1, 0.15) is 6.10 Å². The highest BCUT2D eigenvalue weighted by Crippen LogP contribution is 2.69. The number of esters is 2. The summed E-state index contributed by atoms with van der Waals surface area (Å²) in [5.41, 5.74) is -1.16. The molecule has 0 heterocycles. The first kappa shape index (κ1) is 29.5. The third kappa shape index (κ3) is 4.28. The lowest BCUT2D eigenvalue weighted by molar-refractivity contribution is -0.185. The van der Waals surface area contributed by atoms with Gasteiger partial charge in [-0.1, -0.05) is 58.5 Å². The van der Waals surface area contributed by atoms with Crippen molar-refractivity contribution in [1.82, 2.24) is 4.90 Å². The quantitative estimate of drug-likeness (QED) is 0.323. The van der Waals surface area contributed by atoms with Gasteiger partial charge in [0.25, 0.3) is 0 Å². The molecule has 4 aliphatic carbocycles. The van der Waals surface area contributed by atoms with Crippen LogP contribution in [0.15, 0.2) is 47.1 Å². The number of likely N-dealkylation sites (N-methyl/N-ethyl adjacent to an activating group) is 1. The number of ketones is 2. The summed E-state index contributed by atoms with van der Waals surface area (Å²) >= 11 is 6.89. The van der Waals surface area contributed by atoms with Crippen LogP contribution in [0.5, 0.6) is 0 Å². The maximum atomic E-state index is 13.4. The van der Waals surface area contributed by atoms with Crippen molar-refractivity contribution in [3.63, 3.8) is 0 Å². The lowest BCUT2D eigenvalue weighted by Crippen LogP contribution is -2.58. The van der Waals surface area contributed by atoms with Crippen molar-refractivity contribution < 1.29 is 28.7 Å². The van der Waals surface area contributed by atoms with Crippen LogP contribution in [-0.4, -0.2) is 59.7 Å². The van der Waals surface area contributed by atoms with Gasteiger partial charge in [0.2, 0.25) is 0 Å². The van der Waals surface area contributed by atoms with Crippen molar-refractivity contribution in [2.24, 2.45) is 28.6 Å². The molecule has 0 N–H and O–H groups in total. The standard InChI is InChI=1S/C31H40ClNO6/c1-9-33(10-2)16-27(37)38-26-15-31(19(5)34,39-20(6)35)29(7)12-11-22-21(28(26)29)13-24(32)23-14-25(36)17(3)18(4)30(22,23)8/h13-14,21-22,26,28H,3-4,9-12,15-16H2,1-2,5-8H3/t21-,22+,26?,28-,29+,30-,31+/m1/s1. The Kier molecular flexibility index (Phi) is 7.67. The van der Waals surface area contributed by atoms with Gasteiger partial charge in [-0.2, -0.15) is 0 Å². The molecule has 4 rings (SSSR count). The highest BCUT2D eigenvalue weighted by atomic mass is 35.5. The molecule has 2 fully saturated rings. The van der Waals surface area contributed by atoms with Crippen molar-refractivity contribution in [3.8, 4) is 0 Å². The van der Waals surface area contributed by atoms with Crippen LogP contribution in [0.2, 0.25) is 0 Å². The van der Waals surface area contributed by atoms with E-state index in [0.29, 0.717) is 42.1 Å². The van der Waals surface area contributed by atoms with Gasteiger partial charge in [-0.15, -0.1) is 0 Å². The zero-order valence-electron chi connectivity index (χ0n) is 23.9. The summed E-state index contributed by atoms with van der Waals surface area (Å²) in [4.78, 5) is 53.5.